The van der Waals surface area contributed by atoms with Gasteiger partial charge >= 0.3 is 0 Å². The molecule has 1 amide bonds. The van der Waals surface area contributed by atoms with E-state index in [1.807, 2.05) is 0 Å². The van der Waals surface area contributed by atoms with Gasteiger partial charge in [-0.3, -0.25) is 14.5 Å². The highest BCUT2D eigenvalue weighted by molar-refractivity contribution is 6.46. The summed E-state index contributed by atoms with van der Waals surface area (Å²) in [7, 11) is 2.96. The highest BCUT2D eigenvalue weighted by Gasteiger charge is 2.47. The summed E-state index contributed by atoms with van der Waals surface area (Å²) >= 11 is 0. The minimum Gasteiger partial charge on any atom is -0.507 e. The number of aliphatic hydroxyl groups is 1. The molecule has 1 atom stereocenters. The van der Waals surface area contributed by atoms with Gasteiger partial charge in [-0.2, -0.15) is 0 Å². The number of morpholine rings is 1. The van der Waals surface area contributed by atoms with Gasteiger partial charge in [0.05, 0.1) is 44.6 Å². The number of aromatic hydroxyl groups is 1. The highest BCUT2D eigenvalue weighted by Crippen LogP contribution is 2.43. The van der Waals surface area contributed by atoms with Crippen LogP contribution in [0.4, 0.5) is 0 Å². The Labute approximate surface area is 197 Å². The highest BCUT2D eigenvalue weighted by atomic mass is 16.5. The molecule has 0 radical (unpaired) electrons. The number of rotatable bonds is 7. The molecule has 0 aromatic heterocycles. The second kappa shape index (κ2) is 10.1. The average molecular weight is 469 g/mol. The number of methoxy groups -OCH3 is 2. The first kappa shape index (κ1) is 23.6. The van der Waals surface area contributed by atoms with E-state index in [2.05, 4.69) is 4.90 Å². The maximum absolute atomic E-state index is 13.2. The van der Waals surface area contributed by atoms with Crippen LogP contribution in [0.15, 0.2) is 48.0 Å². The molecule has 0 saturated carbocycles. The number of para-hydroxylation sites is 1. The van der Waals surface area contributed by atoms with Crippen molar-refractivity contribution in [2.75, 3.05) is 53.6 Å². The van der Waals surface area contributed by atoms with Crippen LogP contribution < -0.4 is 9.47 Å². The molecule has 9 nitrogen and oxygen atoms in total. The van der Waals surface area contributed by atoms with Crippen molar-refractivity contribution in [3.05, 3.63) is 59.2 Å². The van der Waals surface area contributed by atoms with E-state index in [-0.39, 0.29) is 23.4 Å². The van der Waals surface area contributed by atoms with E-state index in [0.29, 0.717) is 36.8 Å². The fourth-order valence-corrected chi connectivity index (χ4v) is 4.38. The molecule has 4 rings (SSSR count). The number of carbonyl (C=O) groups is 2. The van der Waals surface area contributed by atoms with Crippen molar-refractivity contribution in [1.82, 2.24) is 9.80 Å². The van der Waals surface area contributed by atoms with Gasteiger partial charge < -0.3 is 29.3 Å². The van der Waals surface area contributed by atoms with E-state index < -0.39 is 23.5 Å². The molecule has 0 bridgehead atoms. The van der Waals surface area contributed by atoms with Gasteiger partial charge in [0.2, 0.25) is 0 Å². The minimum absolute atomic E-state index is 0.0341. The lowest BCUT2D eigenvalue weighted by Crippen LogP contribution is -2.42. The van der Waals surface area contributed by atoms with Crippen LogP contribution >= 0.6 is 0 Å². The third-order valence-electron chi connectivity index (χ3n) is 6.19. The molecule has 2 aliphatic heterocycles. The van der Waals surface area contributed by atoms with E-state index in [9.17, 15) is 19.8 Å². The molecule has 0 spiro atoms. The van der Waals surface area contributed by atoms with Gasteiger partial charge in [-0.25, -0.2) is 0 Å². The standard InChI is InChI=1S/C25H28N2O7/c1-32-16-7-8-17(19(28)15-16)23(29)21-22(18-5-3-4-6-20(18)33-2)27(25(31)24(21)30)10-9-26-11-13-34-14-12-26/h3-8,15,22,28-29H,9-14H2,1-2H3/t22-/m0/s1. The van der Waals surface area contributed by atoms with Crippen molar-refractivity contribution in [2.24, 2.45) is 0 Å². The first-order valence-corrected chi connectivity index (χ1v) is 11.0. The number of aliphatic hydroxyl groups excluding tert-OH is 1. The van der Waals surface area contributed by atoms with E-state index in [4.69, 9.17) is 14.2 Å². The predicted molar refractivity (Wildman–Crippen MR) is 124 cm³/mol. The summed E-state index contributed by atoms with van der Waals surface area (Å²) in [4.78, 5) is 30.0. The number of Topliss-reactive ketones (excluding diaryl/α,β-unsaturated/α-hetero) is 1. The topological polar surface area (TPSA) is 109 Å². The predicted octanol–water partition coefficient (Wildman–Crippen LogP) is 2.16. The summed E-state index contributed by atoms with van der Waals surface area (Å²) in [5, 5.41) is 21.7. The smallest absolute Gasteiger partial charge is 0.295 e. The summed E-state index contributed by atoms with van der Waals surface area (Å²) < 4.78 is 16.0. The Kier molecular flexibility index (Phi) is 7.04. The van der Waals surface area contributed by atoms with Crippen LogP contribution in [-0.2, 0) is 14.3 Å². The quantitative estimate of drug-likeness (QED) is 0.362. The summed E-state index contributed by atoms with van der Waals surface area (Å²) in [6.45, 7) is 3.54. The van der Waals surface area contributed by atoms with Gasteiger partial charge in [0, 0.05) is 37.8 Å². The van der Waals surface area contributed by atoms with Crippen molar-refractivity contribution < 1.29 is 34.0 Å². The summed E-state index contributed by atoms with van der Waals surface area (Å²) in [6.07, 6.45) is 0. The number of hydrogen-bond donors (Lipinski definition) is 2. The fraction of sp³-hybridized carbons (Fsp3) is 0.360. The fourth-order valence-electron chi connectivity index (χ4n) is 4.38. The Bertz CT molecular complexity index is 1110. The Hall–Kier alpha value is -3.56. The van der Waals surface area contributed by atoms with Crippen molar-refractivity contribution in [3.63, 3.8) is 0 Å². The molecule has 0 unspecified atom stereocenters. The second-order valence-electron chi connectivity index (χ2n) is 8.07. The number of phenolic OH excluding ortho intramolecular Hbond substituents is 1. The Morgan fingerprint density at radius 1 is 1.06 bits per heavy atom. The summed E-state index contributed by atoms with van der Waals surface area (Å²) in [5.41, 5.74) is 0.504. The van der Waals surface area contributed by atoms with Crippen molar-refractivity contribution in [3.8, 4) is 17.2 Å². The van der Waals surface area contributed by atoms with E-state index in [1.54, 1.807) is 30.3 Å². The first-order chi connectivity index (χ1) is 16.5. The molecule has 2 heterocycles. The van der Waals surface area contributed by atoms with Crippen molar-refractivity contribution in [1.29, 1.82) is 0 Å². The van der Waals surface area contributed by atoms with E-state index >= 15 is 0 Å². The Balaban J connectivity index is 1.79. The molecule has 2 saturated heterocycles. The zero-order chi connectivity index (χ0) is 24.2. The van der Waals surface area contributed by atoms with Gasteiger partial charge in [-0.1, -0.05) is 18.2 Å². The molecule has 2 fully saturated rings. The lowest BCUT2D eigenvalue weighted by atomic mass is 9.94. The number of carbonyl (C=O) groups excluding carboxylic acids is 2. The maximum Gasteiger partial charge on any atom is 0.295 e. The number of ketones is 1. The molecular formula is C25H28N2O7. The maximum atomic E-state index is 13.2. The normalized spacial score (nSPS) is 20.5. The minimum atomic E-state index is -0.876. The van der Waals surface area contributed by atoms with Crippen LogP contribution in [0.25, 0.3) is 5.76 Å². The molecule has 2 N–H and O–H groups in total. The number of nitrogens with zero attached hydrogens (tertiary/aromatic N) is 2. The number of phenols is 1. The average Bonchev–Trinajstić information content (AvgIpc) is 3.12. The monoisotopic (exact) mass is 468 g/mol. The van der Waals surface area contributed by atoms with Crippen LogP contribution in [0.2, 0.25) is 0 Å². The van der Waals surface area contributed by atoms with Crippen LogP contribution in [-0.4, -0.2) is 85.3 Å². The lowest BCUT2D eigenvalue weighted by Gasteiger charge is -2.31. The summed E-state index contributed by atoms with van der Waals surface area (Å²) in [6, 6.07) is 10.5. The van der Waals surface area contributed by atoms with Gasteiger partial charge in [-0.15, -0.1) is 0 Å². The first-order valence-electron chi connectivity index (χ1n) is 11.0. The number of hydrogen-bond acceptors (Lipinski definition) is 8. The Morgan fingerprint density at radius 2 is 1.79 bits per heavy atom. The second-order valence-corrected chi connectivity index (χ2v) is 8.07. The van der Waals surface area contributed by atoms with Crippen LogP contribution in [0, 0.1) is 0 Å². The SMILES string of the molecule is COc1ccc(C(O)=C2C(=O)C(=O)N(CCN3CCOCC3)[C@H]2c2ccccc2OC)c(O)c1. The van der Waals surface area contributed by atoms with E-state index in [0.717, 1.165) is 13.1 Å². The largest absolute Gasteiger partial charge is 0.507 e. The summed E-state index contributed by atoms with van der Waals surface area (Å²) in [5.74, 6) is -1.38. The van der Waals surface area contributed by atoms with Crippen molar-refractivity contribution in [2.45, 2.75) is 6.04 Å². The van der Waals surface area contributed by atoms with Gasteiger partial charge in [0.1, 0.15) is 23.0 Å². The molecular weight excluding hydrogens is 440 g/mol. The van der Waals surface area contributed by atoms with Gasteiger partial charge in [-0.05, 0) is 18.2 Å². The molecule has 9 heteroatoms. The van der Waals surface area contributed by atoms with Gasteiger partial charge in [0.25, 0.3) is 11.7 Å². The van der Waals surface area contributed by atoms with Crippen molar-refractivity contribution >= 4 is 17.4 Å². The number of ether oxygens (including phenoxy) is 3. The molecule has 0 aliphatic carbocycles. The zero-order valence-electron chi connectivity index (χ0n) is 19.2. The third kappa shape index (κ3) is 4.44. The molecule has 34 heavy (non-hydrogen) atoms. The van der Waals surface area contributed by atoms with E-state index in [1.165, 1.54) is 31.3 Å². The lowest BCUT2D eigenvalue weighted by molar-refractivity contribution is -0.140. The van der Waals surface area contributed by atoms with Gasteiger partial charge in [0.15, 0.2) is 0 Å². The van der Waals surface area contributed by atoms with Crippen LogP contribution in [0.1, 0.15) is 17.2 Å². The molecule has 180 valence electrons. The number of benzene rings is 2. The molecule has 2 aromatic rings. The zero-order valence-corrected chi connectivity index (χ0v) is 19.2. The van der Waals surface area contributed by atoms with Crippen LogP contribution in [0.5, 0.6) is 17.2 Å². The number of amides is 1. The number of likely N-dealkylation sites (tertiary alicyclic amines) is 1. The Morgan fingerprint density at radius 3 is 2.47 bits per heavy atom. The third-order valence-corrected chi connectivity index (χ3v) is 6.19. The van der Waals surface area contributed by atoms with Crippen LogP contribution in [0.3, 0.4) is 0 Å². The molecule has 2 aliphatic rings. The molecule has 2 aromatic carbocycles.